The number of aromatic hydroxyl groups is 4. The predicted octanol–water partition coefficient (Wildman–Crippen LogP) is 5.60. The molecule has 63 heavy (non-hydrogen) atoms. The Morgan fingerprint density at radius 1 is 0.603 bits per heavy atom. The molecule has 0 spiro atoms. The first-order valence-electron chi connectivity index (χ1n) is 20.5. The van der Waals surface area contributed by atoms with Gasteiger partial charge in [0.05, 0.1) is 31.2 Å². The molecule has 334 valence electrons. The second kappa shape index (κ2) is 21.4. The number of benzene rings is 4. The van der Waals surface area contributed by atoms with Gasteiger partial charge in [-0.3, -0.25) is 19.8 Å². The maximum absolute atomic E-state index is 12.3. The number of hydrogen-bond donors (Lipinski definition) is 12. The van der Waals surface area contributed by atoms with Crippen LogP contribution in [-0.4, -0.2) is 87.0 Å². The highest BCUT2D eigenvalue weighted by Gasteiger charge is 2.22. The van der Waals surface area contributed by atoms with Crippen LogP contribution in [0.4, 0.5) is 11.6 Å². The van der Waals surface area contributed by atoms with E-state index in [1.807, 2.05) is 83.1 Å². The van der Waals surface area contributed by atoms with E-state index in [0.29, 0.717) is 35.6 Å². The summed E-state index contributed by atoms with van der Waals surface area (Å²) in [6.07, 6.45) is 1.67. The van der Waals surface area contributed by atoms with Crippen LogP contribution < -0.4 is 21.3 Å². The Labute approximate surface area is 366 Å². The van der Waals surface area contributed by atoms with Gasteiger partial charge in [-0.25, -0.2) is 0 Å². The molecule has 2 amide bonds. The third-order valence-corrected chi connectivity index (χ3v) is 9.92. The summed E-state index contributed by atoms with van der Waals surface area (Å²) in [5, 5.41) is 84.8. The lowest BCUT2D eigenvalue weighted by atomic mass is 9.93. The zero-order chi connectivity index (χ0) is 45.7. The summed E-state index contributed by atoms with van der Waals surface area (Å²) in [5.41, 5.74) is 5.00. The van der Waals surface area contributed by atoms with Crippen LogP contribution in [0.5, 0.6) is 23.0 Å². The molecule has 0 aliphatic rings. The summed E-state index contributed by atoms with van der Waals surface area (Å²) < 4.78 is 0. The highest BCUT2D eigenvalue weighted by Crippen LogP contribution is 2.27. The lowest BCUT2D eigenvalue weighted by Gasteiger charge is -2.28. The Morgan fingerprint density at radius 3 is 1.46 bits per heavy atom. The second-order valence-electron chi connectivity index (χ2n) is 17.0. The maximum atomic E-state index is 12.3. The first-order valence-corrected chi connectivity index (χ1v) is 20.5. The molecule has 6 rings (SSSR count). The third-order valence-electron chi connectivity index (χ3n) is 9.92. The van der Waals surface area contributed by atoms with Crippen molar-refractivity contribution in [3.8, 4) is 23.0 Å². The van der Waals surface area contributed by atoms with Gasteiger partial charge >= 0.3 is 0 Å². The standard InChI is InChI=1S/C24H30N4O4.C23H28N4O4/c1-15-7-22(28-27-15)26-23(32)9-16-5-4-6-17(8-16)13-24(2,3)25-14-21(31)18-10-19(29)12-20(30)11-18;1-23(2,24-14-20(30)17-10-18(28)12-19(29)11-17)13-16-5-3-4-15(8-16)9-22(31)26-21-6-7-25-27-21/h4-8,10-12,21,25,29-31H,9,13-14H2,1-3H3,(H2,26,27,28,32);3-8,10-12,20,24,28-30H,9,13-14H2,1-2H3,(H2,25,26,27,31). The monoisotopic (exact) mass is 862 g/mol. The number of anilines is 2. The van der Waals surface area contributed by atoms with Crippen LogP contribution in [-0.2, 0) is 35.3 Å². The number of β-amino-alcohol motifs (C(OH)–C–C–N with tert-alkyl or cyclic N) is 2. The van der Waals surface area contributed by atoms with E-state index in [0.717, 1.165) is 27.9 Å². The van der Waals surface area contributed by atoms with Crippen molar-refractivity contribution >= 4 is 23.5 Å². The Morgan fingerprint density at radius 2 is 1.05 bits per heavy atom. The van der Waals surface area contributed by atoms with Crippen molar-refractivity contribution in [3.05, 3.63) is 142 Å². The summed E-state index contributed by atoms with van der Waals surface area (Å²) in [6.45, 7) is 10.5. The molecular weight excluding hydrogens is 805 g/mol. The maximum Gasteiger partial charge on any atom is 0.229 e. The van der Waals surface area contributed by atoms with Gasteiger partial charge < -0.3 is 51.9 Å². The van der Waals surface area contributed by atoms with Crippen molar-refractivity contribution in [2.75, 3.05) is 23.7 Å². The molecule has 6 aromatic rings. The van der Waals surface area contributed by atoms with Crippen molar-refractivity contribution in [2.45, 2.75) is 83.6 Å². The molecule has 2 atom stereocenters. The molecule has 0 radical (unpaired) electrons. The van der Waals surface area contributed by atoms with E-state index in [-0.39, 0.29) is 71.8 Å². The van der Waals surface area contributed by atoms with Gasteiger partial charge in [-0.2, -0.15) is 10.2 Å². The second-order valence-corrected chi connectivity index (χ2v) is 17.0. The number of carbonyl (C=O) groups excluding carboxylic acids is 2. The highest BCUT2D eigenvalue weighted by atomic mass is 16.3. The van der Waals surface area contributed by atoms with Gasteiger partial charge in [-0.05, 0) is 105 Å². The lowest BCUT2D eigenvalue weighted by molar-refractivity contribution is -0.116. The molecule has 0 aliphatic heterocycles. The van der Waals surface area contributed by atoms with Crippen molar-refractivity contribution in [3.63, 3.8) is 0 Å². The number of nitrogens with zero attached hydrogens (tertiary/aromatic N) is 2. The summed E-state index contributed by atoms with van der Waals surface area (Å²) in [6, 6.07) is 27.3. The van der Waals surface area contributed by atoms with Crippen LogP contribution in [0.1, 0.15) is 79.0 Å². The predicted molar refractivity (Wildman–Crippen MR) is 240 cm³/mol. The molecule has 0 bridgehead atoms. The van der Waals surface area contributed by atoms with Crippen molar-refractivity contribution in [1.82, 2.24) is 31.0 Å². The molecule has 4 aromatic carbocycles. The van der Waals surface area contributed by atoms with E-state index in [9.17, 15) is 40.2 Å². The Balaban J connectivity index is 0.000000238. The normalized spacial score (nSPS) is 12.5. The minimum Gasteiger partial charge on any atom is -0.508 e. The quantitative estimate of drug-likeness (QED) is 0.0504. The van der Waals surface area contributed by atoms with Crippen LogP contribution in [0.25, 0.3) is 0 Å². The van der Waals surface area contributed by atoms with Gasteiger partial charge in [0.25, 0.3) is 0 Å². The van der Waals surface area contributed by atoms with Crippen LogP contribution in [0.3, 0.4) is 0 Å². The number of amides is 2. The number of hydrogen-bond acceptors (Lipinski definition) is 12. The Bertz CT molecular complexity index is 2390. The largest absolute Gasteiger partial charge is 0.508 e. The molecule has 0 aliphatic carbocycles. The fourth-order valence-corrected chi connectivity index (χ4v) is 7.01. The summed E-state index contributed by atoms with van der Waals surface area (Å²) >= 11 is 0. The molecule has 12 N–H and O–H groups in total. The van der Waals surface area contributed by atoms with Crippen molar-refractivity contribution in [2.24, 2.45) is 0 Å². The van der Waals surface area contributed by atoms with Crippen molar-refractivity contribution in [1.29, 1.82) is 0 Å². The molecule has 0 fully saturated rings. The zero-order valence-corrected chi connectivity index (χ0v) is 36.1. The van der Waals surface area contributed by atoms with Gasteiger partial charge in [-0.1, -0.05) is 48.5 Å². The summed E-state index contributed by atoms with van der Waals surface area (Å²) in [4.78, 5) is 24.5. The first-order chi connectivity index (χ1) is 29.8. The molecular formula is C47H58N8O8. The average Bonchev–Trinajstić information content (AvgIpc) is 3.86. The Hall–Kier alpha value is -6.72. The van der Waals surface area contributed by atoms with Crippen LogP contribution in [0.2, 0.25) is 0 Å². The van der Waals surface area contributed by atoms with E-state index in [2.05, 4.69) is 41.7 Å². The minimum absolute atomic E-state index is 0.0957. The van der Waals surface area contributed by atoms with Crippen LogP contribution in [0, 0.1) is 6.92 Å². The molecule has 0 saturated carbocycles. The van der Waals surface area contributed by atoms with E-state index in [1.54, 1.807) is 18.3 Å². The number of aromatic nitrogens is 4. The number of aryl methyl sites for hydroxylation is 1. The highest BCUT2D eigenvalue weighted by molar-refractivity contribution is 5.92. The zero-order valence-electron chi connectivity index (χ0n) is 36.1. The van der Waals surface area contributed by atoms with E-state index in [4.69, 9.17) is 0 Å². The number of aliphatic hydroxyl groups is 2. The SMILES string of the molecule is CC(C)(Cc1cccc(CC(=O)Nc2ccn[nH]2)c1)NCC(O)c1cc(O)cc(O)c1.Cc1cc(NC(=O)Cc2cccc(CC(C)(C)NCC(O)c3cc(O)cc(O)c3)c2)n[nH]1. The van der Waals surface area contributed by atoms with Crippen LogP contribution in [0.15, 0.2) is 103 Å². The summed E-state index contributed by atoms with van der Waals surface area (Å²) in [5.74, 6) is 0.420. The van der Waals surface area contributed by atoms with Crippen LogP contribution >= 0.6 is 0 Å². The number of carbonyl (C=O) groups is 2. The van der Waals surface area contributed by atoms with Gasteiger partial charge in [0.2, 0.25) is 11.8 Å². The summed E-state index contributed by atoms with van der Waals surface area (Å²) in [7, 11) is 0. The number of phenols is 4. The molecule has 16 nitrogen and oxygen atoms in total. The number of aromatic amines is 2. The van der Waals surface area contributed by atoms with Gasteiger partial charge in [0.15, 0.2) is 5.82 Å². The van der Waals surface area contributed by atoms with Gasteiger partial charge in [0.1, 0.15) is 28.8 Å². The van der Waals surface area contributed by atoms with E-state index in [1.165, 1.54) is 36.4 Å². The molecule has 2 unspecified atom stereocenters. The minimum atomic E-state index is -0.881. The lowest BCUT2D eigenvalue weighted by Crippen LogP contribution is -2.43. The topological polar surface area (TPSA) is 261 Å². The third kappa shape index (κ3) is 15.9. The molecule has 16 heteroatoms. The number of rotatable bonds is 18. The number of H-pyrrole nitrogens is 2. The van der Waals surface area contributed by atoms with Gasteiger partial charge in [-0.15, -0.1) is 0 Å². The molecule has 0 saturated heterocycles. The van der Waals surface area contributed by atoms with E-state index >= 15 is 0 Å². The fraction of sp³-hybridized carbons (Fsp3) is 0.319. The Kier molecular flexibility index (Phi) is 16.1. The number of phenolic OH excluding ortho intramolecular Hbond substituents is 4. The average molecular weight is 863 g/mol. The number of nitrogens with one attached hydrogen (secondary N) is 6. The van der Waals surface area contributed by atoms with Crippen molar-refractivity contribution < 1.29 is 40.2 Å². The van der Waals surface area contributed by atoms with E-state index < -0.39 is 12.2 Å². The van der Waals surface area contributed by atoms with Gasteiger partial charge in [0, 0.05) is 54.1 Å². The number of aliphatic hydroxyl groups excluding tert-OH is 2. The molecule has 2 aromatic heterocycles. The smallest absolute Gasteiger partial charge is 0.229 e. The first kappa shape index (κ1) is 47.3. The fourth-order valence-electron chi connectivity index (χ4n) is 7.01. The molecule has 2 heterocycles.